The van der Waals surface area contributed by atoms with Gasteiger partial charge in [0.25, 0.3) is 0 Å². The second-order valence-electron chi connectivity index (χ2n) is 4.66. The molecular formula is C13H19NO3. The number of ether oxygens (including phenoxy) is 1. The van der Waals surface area contributed by atoms with Crippen LogP contribution in [0.1, 0.15) is 18.4 Å². The van der Waals surface area contributed by atoms with Crippen molar-refractivity contribution < 1.29 is 14.9 Å². The molecule has 1 aromatic rings. The van der Waals surface area contributed by atoms with Crippen molar-refractivity contribution in [1.29, 1.82) is 0 Å². The third-order valence-electron chi connectivity index (χ3n) is 3.31. The van der Waals surface area contributed by atoms with Crippen LogP contribution in [-0.4, -0.2) is 36.0 Å². The first-order valence-electron chi connectivity index (χ1n) is 5.92. The number of benzene rings is 1. The molecule has 0 radical (unpaired) electrons. The summed E-state index contributed by atoms with van der Waals surface area (Å²) in [6.07, 6.45) is 2.12. The van der Waals surface area contributed by atoms with Gasteiger partial charge >= 0.3 is 0 Å². The van der Waals surface area contributed by atoms with Crippen LogP contribution in [0.25, 0.3) is 0 Å². The average Bonchev–Trinajstić information content (AvgIpc) is 2.32. The van der Waals surface area contributed by atoms with Crippen LogP contribution in [0.5, 0.6) is 11.5 Å². The number of aromatic hydroxyl groups is 1. The molecule has 2 rings (SSSR count). The summed E-state index contributed by atoms with van der Waals surface area (Å²) in [5, 5.41) is 23.2. The first kappa shape index (κ1) is 12.2. The van der Waals surface area contributed by atoms with Gasteiger partial charge in [0.1, 0.15) is 0 Å². The molecule has 1 aliphatic rings. The molecular weight excluding hydrogens is 218 g/mol. The van der Waals surface area contributed by atoms with Crippen molar-refractivity contribution in [3.63, 3.8) is 0 Å². The molecule has 0 aromatic heterocycles. The molecule has 94 valence electrons. The number of rotatable bonds is 3. The van der Waals surface area contributed by atoms with Crippen LogP contribution in [0, 0.1) is 0 Å². The lowest BCUT2D eigenvalue weighted by Crippen LogP contribution is -2.43. The molecule has 0 bridgehead atoms. The summed E-state index contributed by atoms with van der Waals surface area (Å²) < 4.78 is 5.06. The van der Waals surface area contributed by atoms with Gasteiger partial charge in [0.05, 0.1) is 12.7 Å². The molecule has 1 aliphatic heterocycles. The van der Waals surface area contributed by atoms with Crippen molar-refractivity contribution in [3.05, 3.63) is 23.8 Å². The first-order chi connectivity index (χ1) is 8.13. The normalized spacial score (nSPS) is 18.9. The lowest BCUT2D eigenvalue weighted by molar-refractivity contribution is 0.0108. The van der Waals surface area contributed by atoms with E-state index in [0.29, 0.717) is 12.2 Å². The number of methoxy groups -OCH3 is 1. The van der Waals surface area contributed by atoms with Crippen LogP contribution in [0.15, 0.2) is 18.2 Å². The highest BCUT2D eigenvalue weighted by Crippen LogP contribution is 2.30. The van der Waals surface area contributed by atoms with Crippen LogP contribution in [0.2, 0.25) is 0 Å². The standard InChI is InChI=1S/C13H19NO3/c1-17-12-8-10(2-3-11(12)15)9-13(16)4-6-14-7-5-13/h2-3,8,14-16H,4-7,9H2,1H3. The molecule has 3 N–H and O–H groups in total. The summed E-state index contributed by atoms with van der Waals surface area (Å²) in [5.74, 6) is 0.591. The maximum atomic E-state index is 10.4. The van der Waals surface area contributed by atoms with Gasteiger partial charge in [0, 0.05) is 6.42 Å². The van der Waals surface area contributed by atoms with E-state index in [-0.39, 0.29) is 5.75 Å². The maximum absolute atomic E-state index is 10.4. The predicted molar refractivity (Wildman–Crippen MR) is 65.4 cm³/mol. The summed E-state index contributed by atoms with van der Waals surface area (Å²) in [6, 6.07) is 5.23. The molecule has 0 saturated carbocycles. The Morgan fingerprint density at radius 3 is 2.71 bits per heavy atom. The van der Waals surface area contributed by atoms with Crippen molar-refractivity contribution in [2.24, 2.45) is 0 Å². The third kappa shape index (κ3) is 2.90. The van der Waals surface area contributed by atoms with Gasteiger partial charge in [-0.25, -0.2) is 0 Å². The Bertz CT molecular complexity index is 386. The Morgan fingerprint density at radius 2 is 2.06 bits per heavy atom. The van der Waals surface area contributed by atoms with Gasteiger partial charge in [-0.2, -0.15) is 0 Å². The van der Waals surface area contributed by atoms with Gasteiger partial charge < -0.3 is 20.3 Å². The van der Waals surface area contributed by atoms with E-state index in [4.69, 9.17) is 4.74 Å². The molecule has 4 nitrogen and oxygen atoms in total. The molecule has 1 saturated heterocycles. The largest absolute Gasteiger partial charge is 0.504 e. The van der Waals surface area contributed by atoms with Gasteiger partial charge in [-0.05, 0) is 43.6 Å². The molecule has 1 aromatic carbocycles. The summed E-state index contributed by atoms with van der Waals surface area (Å²) >= 11 is 0. The monoisotopic (exact) mass is 237 g/mol. The topological polar surface area (TPSA) is 61.7 Å². The average molecular weight is 237 g/mol. The number of hydrogen-bond acceptors (Lipinski definition) is 4. The summed E-state index contributed by atoms with van der Waals surface area (Å²) in [6.45, 7) is 1.71. The molecule has 0 amide bonds. The van der Waals surface area contributed by atoms with Gasteiger partial charge in [-0.15, -0.1) is 0 Å². The van der Waals surface area contributed by atoms with E-state index < -0.39 is 5.60 Å². The lowest BCUT2D eigenvalue weighted by Gasteiger charge is -2.32. The van der Waals surface area contributed by atoms with Crippen LogP contribution >= 0.6 is 0 Å². The Morgan fingerprint density at radius 1 is 1.35 bits per heavy atom. The summed E-state index contributed by atoms with van der Waals surface area (Å²) in [4.78, 5) is 0. The van der Waals surface area contributed by atoms with E-state index in [2.05, 4.69) is 5.32 Å². The van der Waals surface area contributed by atoms with Crippen LogP contribution in [-0.2, 0) is 6.42 Å². The van der Waals surface area contributed by atoms with E-state index in [1.165, 1.54) is 7.11 Å². The Hall–Kier alpha value is -1.26. The molecule has 4 heteroatoms. The highest BCUT2D eigenvalue weighted by molar-refractivity contribution is 5.42. The molecule has 1 fully saturated rings. The second-order valence-corrected chi connectivity index (χ2v) is 4.66. The zero-order chi connectivity index (χ0) is 12.3. The third-order valence-corrected chi connectivity index (χ3v) is 3.31. The quantitative estimate of drug-likeness (QED) is 0.735. The Balaban J connectivity index is 2.12. The van der Waals surface area contributed by atoms with Gasteiger partial charge in [-0.3, -0.25) is 0 Å². The van der Waals surface area contributed by atoms with E-state index in [1.54, 1.807) is 12.1 Å². The minimum atomic E-state index is -0.632. The number of nitrogens with one attached hydrogen (secondary N) is 1. The van der Waals surface area contributed by atoms with Crippen LogP contribution in [0.3, 0.4) is 0 Å². The SMILES string of the molecule is COc1cc(CC2(O)CCNCC2)ccc1O. The van der Waals surface area contributed by atoms with Crippen molar-refractivity contribution in [2.75, 3.05) is 20.2 Å². The lowest BCUT2D eigenvalue weighted by atomic mass is 9.86. The first-order valence-corrected chi connectivity index (χ1v) is 5.92. The molecule has 17 heavy (non-hydrogen) atoms. The zero-order valence-electron chi connectivity index (χ0n) is 10.1. The van der Waals surface area contributed by atoms with Gasteiger partial charge in [0.15, 0.2) is 11.5 Å². The zero-order valence-corrected chi connectivity index (χ0v) is 10.1. The van der Waals surface area contributed by atoms with Gasteiger partial charge in [0.2, 0.25) is 0 Å². The molecule has 0 unspecified atom stereocenters. The highest BCUT2D eigenvalue weighted by atomic mass is 16.5. The van der Waals surface area contributed by atoms with Crippen LogP contribution in [0.4, 0.5) is 0 Å². The summed E-state index contributed by atoms with van der Waals surface area (Å²) in [5.41, 5.74) is 0.358. The highest BCUT2D eigenvalue weighted by Gasteiger charge is 2.29. The van der Waals surface area contributed by atoms with E-state index >= 15 is 0 Å². The smallest absolute Gasteiger partial charge is 0.160 e. The number of aliphatic hydroxyl groups is 1. The number of hydrogen-bond donors (Lipinski definition) is 3. The maximum Gasteiger partial charge on any atom is 0.160 e. The molecule has 0 spiro atoms. The minimum Gasteiger partial charge on any atom is -0.504 e. The Kier molecular flexibility index (Phi) is 3.54. The van der Waals surface area contributed by atoms with Crippen molar-refractivity contribution >= 4 is 0 Å². The molecule has 1 heterocycles. The van der Waals surface area contributed by atoms with Gasteiger partial charge in [-0.1, -0.05) is 6.07 Å². The predicted octanol–water partition coefficient (Wildman–Crippen LogP) is 1.06. The van der Waals surface area contributed by atoms with E-state index in [9.17, 15) is 10.2 Å². The second kappa shape index (κ2) is 4.94. The Labute approximate surface area is 101 Å². The van der Waals surface area contributed by atoms with Crippen molar-refractivity contribution in [1.82, 2.24) is 5.32 Å². The number of phenols is 1. The minimum absolute atomic E-state index is 0.133. The van der Waals surface area contributed by atoms with Crippen molar-refractivity contribution in [2.45, 2.75) is 24.9 Å². The molecule has 0 aliphatic carbocycles. The fraction of sp³-hybridized carbons (Fsp3) is 0.538. The number of phenolic OH excluding ortho intramolecular Hbond substituents is 1. The van der Waals surface area contributed by atoms with Crippen LogP contribution < -0.4 is 10.1 Å². The fourth-order valence-corrected chi connectivity index (χ4v) is 2.28. The van der Waals surface area contributed by atoms with E-state index in [1.807, 2.05) is 6.07 Å². The number of piperidine rings is 1. The molecule has 0 atom stereocenters. The van der Waals surface area contributed by atoms with E-state index in [0.717, 1.165) is 31.5 Å². The fourth-order valence-electron chi connectivity index (χ4n) is 2.28. The van der Waals surface area contributed by atoms with Crippen molar-refractivity contribution in [3.8, 4) is 11.5 Å². The summed E-state index contributed by atoms with van der Waals surface area (Å²) in [7, 11) is 1.53.